The monoisotopic (exact) mass is 271 g/mol. The molecule has 0 heterocycles. The van der Waals surface area contributed by atoms with Gasteiger partial charge in [-0.2, -0.15) is 11.8 Å². The minimum atomic E-state index is 0.0775. The Morgan fingerprint density at radius 3 is 2.72 bits per heavy atom. The second kappa shape index (κ2) is 7.39. The standard InChI is InChI=1S/C14H25NO2S/c1-18-13-8-4-5-11(9-13)15-14(16)10-17-12-6-2-3-7-12/h11-13H,2-10H2,1H3,(H,15,16). The zero-order valence-electron chi connectivity index (χ0n) is 11.3. The summed E-state index contributed by atoms with van der Waals surface area (Å²) in [7, 11) is 0. The van der Waals surface area contributed by atoms with E-state index in [0.29, 0.717) is 12.1 Å². The van der Waals surface area contributed by atoms with E-state index in [2.05, 4.69) is 11.6 Å². The zero-order chi connectivity index (χ0) is 12.8. The van der Waals surface area contributed by atoms with Crippen molar-refractivity contribution in [2.75, 3.05) is 12.9 Å². The molecule has 1 amide bonds. The maximum Gasteiger partial charge on any atom is 0.246 e. The third-order valence-corrected chi connectivity index (χ3v) is 5.17. The average molecular weight is 271 g/mol. The summed E-state index contributed by atoms with van der Waals surface area (Å²) in [6.45, 7) is 0.255. The number of hydrogen-bond acceptors (Lipinski definition) is 3. The van der Waals surface area contributed by atoms with Crippen molar-refractivity contribution in [3.8, 4) is 0 Å². The van der Waals surface area contributed by atoms with Crippen LogP contribution in [0.2, 0.25) is 0 Å². The van der Waals surface area contributed by atoms with Crippen molar-refractivity contribution in [2.45, 2.75) is 68.8 Å². The van der Waals surface area contributed by atoms with Crippen molar-refractivity contribution in [1.82, 2.24) is 5.32 Å². The van der Waals surface area contributed by atoms with Gasteiger partial charge < -0.3 is 10.1 Å². The number of hydrogen-bond donors (Lipinski definition) is 1. The number of rotatable bonds is 5. The van der Waals surface area contributed by atoms with Crippen LogP contribution < -0.4 is 5.32 Å². The van der Waals surface area contributed by atoms with Gasteiger partial charge in [0.1, 0.15) is 6.61 Å². The fourth-order valence-electron chi connectivity index (χ4n) is 3.01. The van der Waals surface area contributed by atoms with Crippen LogP contribution in [-0.4, -0.2) is 36.2 Å². The van der Waals surface area contributed by atoms with E-state index in [1.54, 1.807) is 0 Å². The number of ether oxygens (including phenoxy) is 1. The molecule has 2 saturated carbocycles. The Hall–Kier alpha value is -0.220. The molecule has 0 saturated heterocycles. The minimum absolute atomic E-state index is 0.0775. The molecule has 2 fully saturated rings. The van der Waals surface area contributed by atoms with E-state index in [1.165, 1.54) is 25.7 Å². The first-order valence-electron chi connectivity index (χ1n) is 7.21. The third kappa shape index (κ3) is 4.47. The minimum Gasteiger partial charge on any atom is -0.368 e. The molecule has 2 rings (SSSR count). The van der Waals surface area contributed by atoms with Crippen molar-refractivity contribution in [2.24, 2.45) is 0 Å². The maximum atomic E-state index is 11.8. The highest BCUT2D eigenvalue weighted by Gasteiger charge is 2.23. The Kier molecular flexibility index (Phi) is 5.83. The first kappa shape index (κ1) is 14.2. The van der Waals surface area contributed by atoms with Crippen molar-refractivity contribution in [1.29, 1.82) is 0 Å². The van der Waals surface area contributed by atoms with Crippen LogP contribution in [-0.2, 0) is 9.53 Å². The van der Waals surface area contributed by atoms with E-state index in [-0.39, 0.29) is 12.5 Å². The largest absolute Gasteiger partial charge is 0.368 e. The van der Waals surface area contributed by atoms with Gasteiger partial charge in [0, 0.05) is 11.3 Å². The number of thioether (sulfide) groups is 1. The normalized spacial score (nSPS) is 29.4. The summed E-state index contributed by atoms with van der Waals surface area (Å²) in [6, 6.07) is 0.371. The number of carbonyl (C=O) groups excluding carboxylic acids is 1. The van der Waals surface area contributed by atoms with Crippen LogP contribution in [0.1, 0.15) is 51.4 Å². The lowest BCUT2D eigenvalue weighted by Gasteiger charge is -2.28. The van der Waals surface area contributed by atoms with Crippen LogP contribution in [0, 0.1) is 0 Å². The van der Waals surface area contributed by atoms with Crippen LogP contribution in [0.15, 0.2) is 0 Å². The number of nitrogens with one attached hydrogen (secondary N) is 1. The molecule has 0 bridgehead atoms. The molecule has 2 aliphatic rings. The molecule has 1 N–H and O–H groups in total. The Labute approximate surface area is 114 Å². The smallest absolute Gasteiger partial charge is 0.246 e. The van der Waals surface area contributed by atoms with Gasteiger partial charge in [0.15, 0.2) is 0 Å². The molecule has 104 valence electrons. The first-order valence-corrected chi connectivity index (χ1v) is 8.50. The van der Waals surface area contributed by atoms with Gasteiger partial charge in [-0.05, 0) is 38.4 Å². The predicted molar refractivity (Wildman–Crippen MR) is 75.9 cm³/mol. The van der Waals surface area contributed by atoms with Gasteiger partial charge in [-0.25, -0.2) is 0 Å². The Balaban J connectivity index is 1.63. The van der Waals surface area contributed by atoms with Crippen molar-refractivity contribution in [3.05, 3.63) is 0 Å². The molecule has 0 spiro atoms. The molecular weight excluding hydrogens is 246 g/mol. The molecule has 4 heteroatoms. The molecule has 3 nitrogen and oxygen atoms in total. The lowest BCUT2D eigenvalue weighted by atomic mass is 9.95. The molecule has 0 aliphatic heterocycles. The summed E-state index contributed by atoms with van der Waals surface area (Å²) in [5.41, 5.74) is 0. The molecular formula is C14H25NO2S. The van der Waals surface area contributed by atoms with Gasteiger partial charge >= 0.3 is 0 Å². The maximum absolute atomic E-state index is 11.8. The van der Waals surface area contributed by atoms with E-state index >= 15 is 0 Å². The van der Waals surface area contributed by atoms with Crippen LogP contribution in [0.3, 0.4) is 0 Å². The fraction of sp³-hybridized carbons (Fsp3) is 0.929. The quantitative estimate of drug-likeness (QED) is 0.835. The van der Waals surface area contributed by atoms with E-state index in [4.69, 9.17) is 4.74 Å². The average Bonchev–Trinajstić information content (AvgIpc) is 2.90. The summed E-state index contributed by atoms with van der Waals surface area (Å²) in [4.78, 5) is 11.8. The number of carbonyl (C=O) groups is 1. The van der Waals surface area contributed by atoms with Gasteiger partial charge in [-0.3, -0.25) is 4.79 Å². The topological polar surface area (TPSA) is 38.3 Å². The van der Waals surface area contributed by atoms with Crippen molar-refractivity contribution < 1.29 is 9.53 Å². The third-order valence-electron chi connectivity index (χ3n) is 4.08. The Bertz CT molecular complexity index is 267. The lowest BCUT2D eigenvalue weighted by molar-refractivity contribution is -0.128. The molecule has 2 atom stereocenters. The predicted octanol–water partition coefficient (Wildman–Crippen LogP) is 2.74. The van der Waals surface area contributed by atoms with E-state index in [9.17, 15) is 4.79 Å². The first-order chi connectivity index (χ1) is 8.78. The molecule has 2 unspecified atom stereocenters. The van der Waals surface area contributed by atoms with E-state index in [0.717, 1.165) is 30.9 Å². The van der Waals surface area contributed by atoms with Crippen molar-refractivity contribution in [3.63, 3.8) is 0 Å². The second-order valence-electron chi connectivity index (χ2n) is 5.51. The van der Waals surface area contributed by atoms with Gasteiger partial charge in [0.05, 0.1) is 6.10 Å². The van der Waals surface area contributed by atoms with Gasteiger partial charge in [-0.15, -0.1) is 0 Å². The highest BCUT2D eigenvalue weighted by Crippen LogP contribution is 2.27. The summed E-state index contributed by atoms with van der Waals surface area (Å²) in [5.74, 6) is 0.0775. The molecule has 2 aliphatic carbocycles. The summed E-state index contributed by atoms with van der Waals surface area (Å²) < 4.78 is 5.64. The lowest BCUT2D eigenvalue weighted by Crippen LogP contribution is -2.41. The Morgan fingerprint density at radius 1 is 1.22 bits per heavy atom. The van der Waals surface area contributed by atoms with Crippen LogP contribution in [0.5, 0.6) is 0 Å². The van der Waals surface area contributed by atoms with Gasteiger partial charge in [-0.1, -0.05) is 19.3 Å². The van der Waals surface area contributed by atoms with Crippen LogP contribution in [0.25, 0.3) is 0 Å². The van der Waals surface area contributed by atoms with Gasteiger partial charge in [0.2, 0.25) is 5.91 Å². The summed E-state index contributed by atoms with van der Waals surface area (Å²) >= 11 is 1.93. The zero-order valence-corrected chi connectivity index (χ0v) is 12.1. The second-order valence-corrected chi connectivity index (χ2v) is 6.64. The molecule has 0 aromatic rings. The fourth-order valence-corrected chi connectivity index (χ4v) is 3.84. The molecule has 0 aromatic heterocycles. The Morgan fingerprint density at radius 2 is 2.00 bits per heavy atom. The highest BCUT2D eigenvalue weighted by atomic mass is 32.2. The molecule has 18 heavy (non-hydrogen) atoms. The van der Waals surface area contributed by atoms with Crippen molar-refractivity contribution >= 4 is 17.7 Å². The van der Waals surface area contributed by atoms with Gasteiger partial charge in [0.25, 0.3) is 0 Å². The highest BCUT2D eigenvalue weighted by molar-refractivity contribution is 7.99. The van der Waals surface area contributed by atoms with E-state index < -0.39 is 0 Å². The number of amides is 1. The molecule has 0 aromatic carbocycles. The van der Waals surface area contributed by atoms with E-state index in [1.807, 2.05) is 11.8 Å². The van der Waals surface area contributed by atoms with Crippen LogP contribution >= 0.6 is 11.8 Å². The molecule has 0 radical (unpaired) electrons. The SMILES string of the molecule is CSC1CCCC(NC(=O)COC2CCCC2)C1. The van der Waals surface area contributed by atoms with Crippen LogP contribution in [0.4, 0.5) is 0 Å². The summed E-state index contributed by atoms with van der Waals surface area (Å²) in [5, 5.41) is 3.85. The summed E-state index contributed by atoms with van der Waals surface area (Å²) in [6.07, 6.45) is 12.1.